The molecular formula is C13H22N2O6. The topological polar surface area (TPSA) is 105 Å². The van der Waals surface area contributed by atoms with Crippen LogP contribution in [-0.4, -0.2) is 66.9 Å². The Bertz CT molecular complexity index is 398. The molecule has 0 aromatic carbocycles. The lowest BCUT2D eigenvalue weighted by Gasteiger charge is -2.32. The van der Waals surface area contributed by atoms with Crippen LogP contribution in [0.1, 0.15) is 20.3 Å². The maximum atomic E-state index is 12.1. The summed E-state index contributed by atoms with van der Waals surface area (Å²) in [5.41, 5.74) is 0. The molecular weight excluding hydrogens is 280 g/mol. The molecule has 1 aliphatic rings. The summed E-state index contributed by atoms with van der Waals surface area (Å²) in [6, 6.07) is -1.23. The van der Waals surface area contributed by atoms with Crippen LogP contribution in [0.5, 0.6) is 0 Å². The minimum Gasteiger partial charge on any atom is -0.479 e. The smallest absolute Gasteiger partial charge is 0.334 e. The summed E-state index contributed by atoms with van der Waals surface area (Å²) in [6.07, 6.45) is -0.586. The van der Waals surface area contributed by atoms with Gasteiger partial charge in [-0.15, -0.1) is 0 Å². The van der Waals surface area contributed by atoms with Crippen LogP contribution in [0.25, 0.3) is 0 Å². The van der Waals surface area contributed by atoms with Crippen molar-refractivity contribution in [2.24, 2.45) is 5.92 Å². The van der Waals surface area contributed by atoms with Gasteiger partial charge in [-0.25, -0.2) is 14.4 Å². The standard InChI is InChI=1S/C13H22N2O6/c1-8(2)6-9(12(18)20-3)14-13(19)15-4-5-21-10(7-15)11(16)17/h8-10H,4-7H2,1-3H3,(H,14,19)(H,16,17). The lowest BCUT2D eigenvalue weighted by molar-refractivity contribution is -0.154. The number of amides is 2. The van der Waals surface area contributed by atoms with Crippen molar-refractivity contribution in [2.75, 3.05) is 26.8 Å². The molecule has 2 atom stereocenters. The van der Waals surface area contributed by atoms with E-state index in [1.54, 1.807) is 0 Å². The number of morpholine rings is 1. The van der Waals surface area contributed by atoms with Crippen LogP contribution >= 0.6 is 0 Å². The number of urea groups is 1. The van der Waals surface area contributed by atoms with E-state index in [0.29, 0.717) is 6.42 Å². The molecule has 2 amide bonds. The van der Waals surface area contributed by atoms with Crippen molar-refractivity contribution < 1.29 is 29.0 Å². The van der Waals surface area contributed by atoms with Gasteiger partial charge < -0.3 is 24.8 Å². The summed E-state index contributed by atoms with van der Waals surface area (Å²) in [6.45, 7) is 4.24. The molecule has 8 heteroatoms. The number of hydrogen-bond acceptors (Lipinski definition) is 5. The summed E-state index contributed by atoms with van der Waals surface area (Å²) in [5, 5.41) is 11.5. The van der Waals surface area contributed by atoms with Crippen LogP contribution in [0.2, 0.25) is 0 Å². The fourth-order valence-corrected chi connectivity index (χ4v) is 2.05. The largest absolute Gasteiger partial charge is 0.479 e. The number of carbonyl (C=O) groups excluding carboxylic acids is 2. The summed E-state index contributed by atoms with van der Waals surface area (Å²) in [5.74, 6) is -1.43. The Morgan fingerprint density at radius 2 is 2.10 bits per heavy atom. The van der Waals surface area contributed by atoms with Gasteiger partial charge in [-0.05, 0) is 12.3 Å². The Kier molecular flexibility index (Phi) is 6.41. The minimum absolute atomic E-state index is 0.0449. The molecule has 0 bridgehead atoms. The van der Waals surface area contributed by atoms with Crippen LogP contribution in [0.3, 0.4) is 0 Å². The highest BCUT2D eigenvalue weighted by Crippen LogP contribution is 2.09. The Balaban J connectivity index is 2.63. The van der Waals surface area contributed by atoms with Crippen molar-refractivity contribution in [2.45, 2.75) is 32.4 Å². The normalized spacial score (nSPS) is 20.0. The Hall–Kier alpha value is -1.83. The van der Waals surface area contributed by atoms with Gasteiger partial charge in [-0.3, -0.25) is 0 Å². The number of esters is 1. The molecule has 0 aliphatic carbocycles. The number of carboxylic acid groups (broad SMARTS) is 1. The lowest BCUT2D eigenvalue weighted by atomic mass is 10.0. The van der Waals surface area contributed by atoms with E-state index in [2.05, 4.69) is 10.1 Å². The Morgan fingerprint density at radius 1 is 1.43 bits per heavy atom. The van der Waals surface area contributed by atoms with Crippen molar-refractivity contribution in [1.82, 2.24) is 10.2 Å². The van der Waals surface area contributed by atoms with Crippen molar-refractivity contribution in [1.29, 1.82) is 0 Å². The first kappa shape index (κ1) is 17.2. The third-order valence-electron chi connectivity index (χ3n) is 3.12. The van der Waals surface area contributed by atoms with Crippen molar-refractivity contribution in [3.63, 3.8) is 0 Å². The minimum atomic E-state index is -1.11. The Labute approximate surface area is 123 Å². The van der Waals surface area contributed by atoms with Crippen LogP contribution < -0.4 is 5.32 Å². The lowest BCUT2D eigenvalue weighted by Crippen LogP contribution is -2.55. The summed E-state index contributed by atoms with van der Waals surface area (Å²) in [7, 11) is 1.26. The van der Waals surface area contributed by atoms with Gasteiger partial charge in [0.2, 0.25) is 0 Å². The summed E-state index contributed by atoms with van der Waals surface area (Å²) in [4.78, 5) is 36.0. The van der Waals surface area contributed by atoms with E-state index in [9.17, 15) is 14.4 Å². The molecule has 0 spiro atoms. The first-order chi connectivity index (χ1) is 9.85. The fourth-order valence-electron chi connectivity index (χ4n) is 2.05. The van der Waals surface area contributed by atoms with Crippen molar-refractivity contribution >= 4 is 18.0 Å². The SMILES string of the molecule is COC(=O)C(CC(C)C)NC(=O)N1CCOC(C(=O)O)C1. The molecule has 1 heterocycles. The van der Waals surface area contributed by atoms with E-state index in [1.165, 1.54) is 12.0 Å². The average molecular weight is 302 g/mol. The zero-order chi connectivity index (χ0) is 16.0. The molecule has 2 N–H and O–H groups in total. The molecule has 2 unspecified atom stereocenters. The number of nitrogens with zero attached hydrogens (tertiary/aromatic N) is 1. The van der Waals surface area contributed by atoms with Gasteiger partial charge in [0.15, 0.2) is 6.10 Å². The highest BCUT2D eigenvalue weighted by Gasteiger charge is 2.31. The zero-order valence-electron chi connectivity index (χ0n) is 12.5. The Morgan fingerprint density at radius 3 is 2.62 bits per heavy atom. The maximum Gasteiger partial charge on any atom is 0.334 e. The van der Waals surface area contributed by atoms with Gasteiger partial charge in [-0.1, -0.05) is 13.8 Å². The number of methoxy groups -OCH3 is 1. The van der Waals surface area contributed by atoms with E-state index in [1.807, 2.05) is 13.8 Å². The fraction of sp³-hybridized carbons (Fsp3) is 0.769. The number of aliphatic carboxylic acids is 1. The summed E-state index contributed by atoms with van der Waals surface area (Å²) < 4.78 is 9.71. The molecule has 0 saturated carbocycles. The zero-order valence-corrected chi connectivity index (χ0v) is 12.5. The number of ether oxygens (including phenoxy) is 2. The third kappa shape index (κ3) is 5.22. The van der Waals surface area contributed by atoms with E-state index in [-0.39, 0.29) is 25.6 Å². The second-order valence-electron chi connectivity index (χ2n) is 5.30. The predicted molar refractivity (Wildman–Crippen MR) is 72.7 cm³/mol. The van der Waals surface area contributed by atoms with Crippen LogP contribution in [0.15, 0.2) is 0 Å². The maximum absolute atomic E-state index is 12.1. The van der Waals surface area contributed by atoms with Gasteiger partial charge >= 0.3 is 18.0 Å². The van der Waals surface area contributed by atoms with E-state index in [4.69, 9.17) is 9.84 Å². The number of hydrogen-bond donors (Lipinski definition) is 2. The molecule has 120 valence electrons. The average Bonchev–Trinajstić information content (AvgIpc) is 2.45. The second-order valence-corrected chi connectivity index (χ2v) is 5.30. The molecule has 8 nitrogen and oxygen atoms in total. The van der Waals surface area contributed by atoms with Crippen molar-refractivity contribution in [3.8, 4) is 0 Å². The van der Waals surface area contributed by atoms with Crippen molar-refractivity contribution in [3.05, 3.63) is 0 Å². The quantitative estimate of drug-likeness (QED) is 0.696. The molecule has 0 aromatic heterocycles. The van der Waals surface area contributed by atoms with Crippen LogP contribution in [-0.2, 0) is 19.1 Å². The summed E-state index contributed by atoms with van der Waals surface area (Å²) >= 11 is 0. The monoisotopic (exact) mass is 302 g/mol. The second kappa shape index (κ2) is 7.82. The van der Waals surface area contributed by atoms with Gasteiger partial charge in [0, 0.05) is 6.54 Å². The molecule has 1 saturated heterocycles. The molecule has 0 radical (unpaired) electrons. The highest BCUT2D eigenvalue weighted by molar-refractivity contribution is 5.84. The van der Waals surface area contributed by atoms with Gasteiger partial charge in [-0.2, -0.15) is 0 Å². The third-order valence-corrected chi connectivity index (χ3v) is 3.12. The molecule has 1 aliphatic heterocycles. The number of carbonyl (C=O) groups is 3. The highest BCUT2D eigenvalue weighted by atomic mass is 16.5. The first-order valence-corrected chi connectivity index (χ1v) is 6.82. The first-order valence-electron chi connectivity index (χ1n) is 6.82. The van der Waals surface area contributed by atoms with E-state index in [0.717, 1.165) is 0 Å². The van der Waals surface area contributed by atoms with Crippen LogP contribution in [0.4, 0.5) is 4.79 Å². The van der Waals surface area contributed by atoms with E-state index >= 15 is 0 Å². The molecule has 1 fully saturated rings. The number of rotatable bonds is 5. The molecule has 1 rings (SSSR count). The molecule has 0 aromatic rings. The number of nitrogens with one attached hydrogen (secondary N) is 1. The number of carboxylic acids is 1. The van der Waals surface area contributed by atoms with Gasteiger partial charge in [0.25, 0.3) is 0 Å². The van der Waals surface area contributed by atoms with Gasteiger partial charge in [0.1, 0.15) is 6.04 Å². The van der Waals surface area contributed by atoms with Crippen LogP contribution in [0, 0.1) is 5.92 Å². The van der Waals surface area contributed by atoms with E-state index < -0.39 is 30.1 Å². The van der Waals surface area contributed by atoms with Gasteiger partial charge in [0.05, 0.1) is 20.3 Å². The molecule has 21 heavy (non-hydrogen) atoms. The predicted octanol–water partition coefficient (Wildman–Crippen LogP) is 0.0691.